The Morgan fingerprint density at radius 2 is 1.87 bits per heavy atom. The molecule has 2 fully saturated rings. The van der Waals surface area contributed by atoms with Crippen LogP contribution in [-0.4, -0.2) is 58.4 Å². The fourth-order valence-corrected chi connectivity index (χ4v) is 4.13. The highest BCUT2D eigenvalue weighted by Gasteiger charge is 2.24. The van der Waals surface area contributed by atoms with Crippen LogP contribution in [0.25, 0.3) is 0 Å². The first-order valence-corrected chi connectivity index (χ1v) is 11.2. The summed E-state index contributed by atoms with van der Waals surface area (Å²) < 4.78 is 28.9. The SMILES string of the molecule is CC(COC(F)F)Nc1ncc(C(=O)NC2CCCCC2)c(NC2CCC(O)CC2)n1. The Kier molecular flexibility index (Phi) is 8.77. The van der Waals surface area contributed by atoms with Crippen LogP contribution in [0.3, 0.4) is 0 Å². The molecule has 0 aliphatic heterocycles. The molecule has 0 radical (unpaired) electrons. The molecule has 0 spiro atoms. The Labute approximate surface area is 181 Å². The smallest absolute Gasteiger partial charge is 0.345 e. The number of halogens is 2. The van der Waals surface area contributed by atoms with Gasteiger partial charge in [-0.15, -0.1) is 0 Å². The monoisotopic (exact) mass is 441 g/mol. The molecule has 8 nitrogen and oxygen atoms in total. The van der Waals surface area contributed by atoms with Gasteiger partial charge in [0.1, 0.15) is 11.4 Å². The molecule has 2 saturated carbocycles. The van der Waals surface area contributed by atoms with Gasteiger partial charge in [0, 0.05) is 24.3 Å². The van der Waals surface area contributed by atoms with Gasteiger partial charge in [0.15, 0.2) is 0 Å². The topological polar surface area (TPSA) is 108 Å². The van der Waals surface area contributed by atoms with Crippen molar-refractivity contribution in [2.75, 3.05) is 17.2 Å². The van der Waals surface area contributed by atoms with Gasteiger partial charge in [-0.2, -0.15) is 13.8 Å². The highest BCUT2D eigenvalue weighted by atomic mass is 19.3. The average Bonchev–Trinajstić information content (AvgIpc) is 2.75. The summed E-state index contributed by atoms with van der Waals surface area (Å²) in [6.07, 6.45) is 9.47. The number of nitrogens with zero attached hydrogens (tertiary/aromatic N) is 2. The highest BCUT2D eigenvalue weighted by molar-refractivity contribution is 5.98. The third kappa shape index (κ3) is 7.53. The summed E-state index contributed by atoms with van der Waals surface area (Å²) in [7, 11) is 0. The molecule has 174 valence electrons. The van der Waals surface area contributed by atoms with Gasteiger partial charge in [-0.05, 0) is 45.4 Å². The van der Waals surface area contributed by atoms with Crippen molar-refractivity contribution >= 4 is 17.7 Å². The van der Waals surface area contributed by atoms with E-state index in [2.05, 4.69) is 30.7 Å². The Hall–Kier alpha value is -2.07. The van der Waals surface area contributed by atoms with Gasteiger partial charge in [0.05, 0.1) is 12.7 Å². The summed E-state index contributed by atoms with van der Waals surface area (Å²) in [5.74, 6) is 0.429. The van der Waals surface area contributed by atoms with Crippen molar-refractivity contribution in [2.24, 2.45) is 0 Å². The highest BCUT2D eigenvalue weighted by Crippen LogP contribution is 2.25. The molecule has 3 rings (SSSR count). The Morgan fingerprint density at radius 3 is 2.55 bits per heavy atom. The first-order valence-electron chi connectivity index (χ1n) is 11.2. The van der Waals surface area contributed by atoms with Gasteiger partial charge in [-0.1, -0.05) is 19.3 Å². The summed E-state index contributed by atoms with van der Waals surface area (Å²) in [5, 5.41) is 19.1. The molecule has 0 bridgehead atoms. The van der Waals surface area contributed by atoms with E-state index in [9.17, 15) is 18.7 Å². The first-order chi connectivity index (χ1) is 14.9. The minimum Gasteiger partial charge on any atom is -0.393 e. The lowest BCUT2D eigenvalue weighted by molar-refractivity contribution is -0.130. The molecular weight excluding hydrogens is 408 g/mol. The molecule has 10 heteroatoms. The second-order valence-electron chi connectivity index (χ2n) is 8.55. The molecule has 1 amide bonds. The number of carbonyl (C=O) groups excluding carboxylic acids is 1. The largest absolute Gasteiger partial charge is 0.393 e. The van der Waals surface area contributed by atoms with Crippen LogP contribution in [0.1, 0.15) is 75.1 Å². The third-order valence-corrected chi connectivity index (χ3v) is 5.86. The van der Waals surface area contributed by atoms with Gasteiger partial charge >= 0.3 is 6.61 Å². The van der Waals surface area contributed by atoms with Crippen LogP contribution in [-0.2, 0) is 4.74 Å². The predicted octanol–water partition coefficient (Wildman–Crippen LogP) is 3.29. The van der Waals surface area contributed by atoms with Crippen LogP contribution >= 0.6 is 0 Å². The van der Waals surface area contributed by atoms with Gasteiger partial charge in [0.2, 0.25) is 5.95 Å². The minimum atomic E-state index is -2.84. The van der Waals surface area contributed by atoms with Gasteiger partial charge in [0.25, 0.3) is 5.91 Å². The maximum atomic E-state index is 12.9. The van der Waals surface area contributed by atoms with E-state index in [-0.39, 0.29) is 36.7 Å². The van der Waals surface area contributed by atoms with Crippen molar-refractivity contribution in [3.05, 3.63) is 11.8 Å². The minimum absolute atomic E-state index is 0.0898. The molecule has 1 unspecified atom stereocenters. The zero-order valence-electron chi connectivity index (χ0n) is 17.9. The number of aromatic nitrogens is 2. The molecule has 4 N–H and O–H groups in total. The molecule has 2 aliphatic rings. The number of amides is 1. The lowest BCUT2D eigenvalue weighted by atomic mass is 9.93. The lowest BCUT2D eigenvalue weighted by Gasteiger charge is -2.28. The average molecular weight is 442 g/mol. The molecule has 1 aromatic heterocycles. The van der Waals surface area contributed by atoms with Crippen molar-refractivity contribution in [3.8, 4) is 0 Å². The molecule has 31 heavy (non-hydrogen) atoms. The summed E-state index contributed by atoms with van der Waals surface area (Å²) in [6.45, 7) is -1.35. The van der Waals surface area contributed by atoms with E-state index < -0.39 is 12.7 Å². The fraction of sp³-hybridized carbons (Fsp3) is 0.762. The summed E-state index contributed by atoms with van der Waals surface area (Å²) in [6, 6.07) is -0.191. The van der Waals surface area contributed by atoms with Crippen molar-refractivity contribution in [3.63, 3.8) is 0 Å². The van der Waals surface area contributed by atoms with Gasteiger partial charge in [-0.3, -0.25) is 4.79 Å². The molecule has 0 saturated heterocycles. The van der Waals surface area contributed by atoms with Crippen molar-refractivity contribution in [2.45, 2.75) is 95.6 Å². The Balaban J connectivity index is 1.71. The van der Waals surface area contributed by atoms with E-state index in [0.29, 0.717) is 24.2 Å². The number of hydrogen-bond donors (Lipinski definition) is 4. The van der Waals surface area contributed by atoms with E-state index >= 15 is 0 Å². The number of hydrogen-bond acceptors (Lipinski definition) is 7. The van der Waals surface area contributed by atoms with Crippen LogP contribution in [0.2, 0.25) is 0 Å². The van der Waals surface area contributed by atoms with Crippen LogP contribution in [0.4, 0.5) is 20.5 Å². The van der Waals surface area contributed by atoms with Gasteiger partial charge in [-0.25, -0.2) is 4.98 Å². The summed E-state index contributed by atoms with van der Waals surface area (Å²) >= 11 is 0. The molecule has 2 aliphatic carbocycles. The standard InChI is InChI=1S/C21H33F2N5O3/c1-13(12-31-20(22)23)25-21-24-11-17(19(30)27-14-5-3-2-4-6-14)18(28-21)26-15-7-9-16(29)10-8-15/h11,13-16,20,29H,2-10,12H2,1H3,(H,27,30)(H2,24,25,26,28). The van der Waals surface area contributed by atoms with E-state index in [0.717, 1.165) is 38.5 Å². The van der Waals surface area contributed by atoms with E-state index in [1.54, 1.807) is 6.92 Å². The van der Waals surface area contributed by atoms with Crippen LogP contribution < -0.4 is 16.0 Å². The number of anilines is 2. The zero-order valence-corrected chi connectivity index (χ0v) is 17.9. The van der Waals surface area contributed by atoms with Crippen LogP contribution in [0.15, 0.2) is 6.20 Å². The number of aliphatic hydroxyl groups is 1. The molecule has 1 heterocycles. The number of alkyl halides is 2. The van der Waals surface area contributed by atoms with Gasteiger partial charge < -0.3 is 25.8 Å². The lowest BCUT2D eigenvalue weighted by Crippen LogP contribution is -2.37. The predicted molar refractivity (Wildman–Crippen MR) is 113 cm³/mol. The second-order valence-corrected chi connectivity index (χ2v) is 8.55. The van der Waals surface area contributed by atoms with Crippen molar-refractivity contribution in [1.29, 1.82) is 0 Å². The fourth-order valence-electron chi connectivity index (χ4n) is 4.13. The molecule has 0 aromatic carbocycles. The number of rotatable bonds is 9. The number of aliphatic hydroxyl groups excluding tert-OH is 1. The molecule has 1 atom stereocenters. The maximum absolute atomic E-state index is 12.9. The van der Waals surface area contributed by atoms with Crippen LogP contribution in [0, 0.1) is 0 Å². The van der Waals surface area contributed by atoms with E-state index in [1.807, 2.05) is 0 Å². The Morgan fingerprint density at radius 1 is 1.16 bits per heavy atom. The molecule has 1 aromatic rings. The Bertz CT molecular complexity index is 710. The number of ether oxygens (including phenoxy) is 1. The quantitative estimate of drug-likeness (QED) is 0.466. The zero-order chi connectivity index (χ0) is 22.2. The summed E-state index contributed by atoms with van der Waals surface area (Å²) in [4.78, 5) is 21.6. The maximum Gasteiger partial charge on any atom is 0.345 e. The second kappa shape index (κ2) is 11.5. The van der Waals surface area contributed by atoms with E-state index in [4.69, 9.17) is 0 Å². The van der Waals surface area contributed by atoms with Crippen LogP contribution in [0.5, 0.6) is 0 Å². The van der Waals surface area contributed by atoms with Crippen molar-refractivity contribution < 1.29 is 23.4 Å². The normalized spacial score (nSPS) is 23.4. The van der Waals surface area contributed by atoms with Crippen molar-refractivity contribution in [1.82, 2.24) is 15.3 Å². The summed E-state index contributed by atoms with van der Waals surface area (Å²) in [5.41, 5.74) is 0.360. The third-order valence-electron chi connectivity index (χ3n) is 5.86. The number of carbonyl (C=O) groups is 1. The molecular formula is C21H33F2N5O3. The van der Waals surface area contributed by atoms with E-state index in [1.165, 1.54) is 12.6 Å². The number of nitrogens with one attached hydrogen (secondary N) is 3. The first kappa shape index (κ1) is 23.6.